The Labute approximate surface area is 159 Å². The van der Waals surface area contributed by atoms with Gasteiger partial charge in [0, 0.05) is 25.2 Å². The van der Waals surface area contributed by atoms with Crippen LogP contribution in [0.4, 0.5) is 5.69 Å². The summed E-state index contributed by atoms with van der Waals surface area (Å²) in [5.74, 6) is 0.708. The number of carbonyl (C=O) groups excluding carboxylic acids is 1. The van der Waals surface area contributed by atoms with Gasteiger partial charge in [-0.25, -0.2) is 12.7 Å². The van der Waals surface area contributed by atoms with Gasteiger partial charge in [0.2, 0.25) is 15.9 Å². The second-order valence-corrected chi connectivity index (χ2v) is 9.67. The number of carbonyl (C=O) groups is 1. The summed E-state index contributed by atoms with van der Waals surface area (Å²) in [5, 5.41) is 3.11. The van der Waals surface area contributed by atoms with Gasteiger partial charge in [-0.3, -0.25) is 4.79 Å². The quantitative estimate of drug-likeness (QED) is 0.762. The van der Waals surface area contributed by atoms with Crippen LogP contribution in [0.3, 0.4) is 0 Å². The summed E-state index contributed by atoms with van der Waals surface area (Å²) in [6.45, 7) is 1.16. The molecular weight excluding hydrogens is 376 g/mol. The summed E-state index contributed by atoms with van der Waals surface area (Å²) in [6, 6.07) is 5.11. The van der Waals surface area contributed by atoms with Crippen molar-refractivity contribution in [2.75, 3.05) is 25.5 Å². The van der Waals surface area contributed by atoms with Gasteiger partial charge in [0.05, 0.1) is 17.4 Å². The summed E-state index contributed by atoms with van der Waals surface area (Å²) in [4.78, 5) is 12.2. The highest BCUT2D eigenvalue weighted by Crippen LogP contribution is 2.34. The van der Waals surface area contributed by atoms with E-state index in [0.29, 0.717) is 42.4 Å². The number of rotatable bonds is 7. The molecule has 1 atom stereocenters. The molecule has 1 aromatic rings. The first-order valence-electron chi connectivity index (χ1n) is 9.02. The van der Waals surface area contributed by atoms with Crippen LogP contribution < -0.4 is 10.1 Å². The van der Waals surface area contributed by atoms with Gasteiger partial charge in [0.1, 0.15) is 5.75 Å². The lowest BCUT2D eigenvalue weighted by atomic mass is 9.94. The molecule has 0 aromatic heterocycles. The highest BCUT2D eigenvalue weighted by Gasteiger charge is 2.41. The molecule has 1 amide bonds. The van der Waals surface area contributed by atoms with E-state index in [2.05, 4.69) is 5.32 Å². The van der Waals surface area contributed by atoms with Crippen LogP contribution in [0.15, 0.2) is 18.2 Å². The molecule has 1 aromatic carbocycles. The number of methoxy groups -OCH3 is 1. The van der Waals surface area contributed by atoms with E-state index in [1.807, 2.05) is 0 Å². The molecule has 0 radical (unpaired) electrons. The van der Waals surface area contributed by atoms with E-state index in [1.54, 1.807) is 22.5 Å². The van der Waals surface area contributed by atoms with Crippen molar-refractivity contribution in [1.82, 2.24) is 4.31 Å². The van der Waals surface area contributed by atoms with Crippen molar-refractivity contribution >= 4 is 33.2 Å². The fraction of sp³-hybridized carbons (Fsp3) is 0.611. The molecule has 1 aliphatic heterocycles. The maximum Gasteiger partial charge on any atom is 0.224 e. The largest absolute Gasteiger partial charge is 0.495 e. The number of sulfonamides is 1. The molecule has 144 valence electrons. The molecule has 3 rings (SSSR count). The van der Waals surface area contributed by atoms with Crippen molar-refractivity contribution in [2.45, 2.75) is 43.8 Å². The third-order valence-electron chi connectivity index (χ3n) is 5.00. The predicted molar refractivity (Wildman–Crippen MR) is 102 cm³/mol. The standard InChI is InChI=1S/C18H25ClN2O4S/c1-25-17-8-5-14(11-16(17)19)20-18(22)9-4-13-3-2-10-21(12-13)26(23,24)15-6-7-15/h5,8,11,13,15H,2-4,6-7,9-10,12H2,1H3,(H,20,22)/t13-/m1/s1. The molecule has 1 saturated carbocycles. The SMILES string of the molecule is COc1ccc(NC(=O)CC[C@H]2CCCN(S(=O)(=O)C3CC3)C2)cc1Cl. The monoisotopic (exact) mass is 400 g/mol. The summed E-state index contributed by atoms with van der Waals surface area (Å²) >= 11 is 6.06. The van der Waals surface area contributed by atoms with Gasteiger partial charge in [-0.05, 0) is 56.2 Å². The van der Waals surface area contributed by atoms with Gasteiger partial charge in [-0.2, -0.15) is 0 Å². The van der Waals surface area contributed by atoms with Crippen molar-refractivity contribution in [3.63, 3.8) is 0 Å². The van der Waals surface area contributed by atoms with Gasteiger partial charge in [0.25, 0.3) is 0 Å². The van der Waals surface area contributed by atoms with Crippen molar-refractivity contribution in [2.24, 2.45) is 5.92 Å². The Morgan fingerprint density at radius 2 is 2.12 bits per heavy atom. The Kier molecular flexibility index (Phi) is 6.10. The molecule has 0 bridgehead atoms. The lowest BCUT2D eigenvalue weighted by Crippen LogP contribution is -2.41. The van der Waals surface area contributed by atoms with Crippen molar-refractivity contribution < 1.29 is 17.9 Å². The number of anilines is 1. The second-order valence-electron chi connectivity index (χ2n) is 7.05. The Hall–Kier alpha value is -1.31. The highest BCUT2D eigenvalue weighted by molar-refractivity contribution is 7.90. The zero-order valence-corrected chi connectivity index (χ0v) is 16.5. The number of amides is 1. The maximum absolute atomic E-state index is 12.4. The van der Waals surface area contributed by atoms with E-state index in [1.165, 1.54) is 7.11 Å². The van der Waals surface area contributed by atoms with Crippen LogP contribution in [0, 0.1) is 5.92 Å². The number of nitrogens with one attached hydrogen (secondary N) is 1. The van der Waals surface area contributed by atoms with E-state index < -0.39 is 10.0 Å². The zero-order valence-electron chi connectivity index (χ0n) is 14.9. The summed E-state index contributed by atoms with van der Waals surface area (Å²) in [6.07, 6.45) is 4.47. The molecule has 2 aliphatic rings. The van der Waals surface area contributed by atoms with Crippen LogP contribution >= 0.6 is 11.6 Å². The Bertz CT molecular complexity index is 764. The first kappa shape index (κ1) is 19.5. The molecule has 8 heteroatoms. The average molecular weight is 401 g/mol. The van der Waals surface area contributed by atoms with Crippen LogP contribution in [-0.2, 0) is 14.8 Å². The third kappa shape index (κ3) is 4.69. The number of piperidine rings is 1. The Morgan fingerprint density at radius 1 is 1.35 bits per heavy atom. The van der Waals surface area contributed by atoms with Crippen LogP contribution in [0.1, 0.15) is 38.5 Å². The molecular formula is C18H25ClN2O4S. The molecule has 1 aliphatic carbocycles. The van der Waals surface area contributed by atoms with Crippen molar-refractivity contribution in [1.29, 1.82) is 0 Å². The lowest BCUT2D eigenvalue weighted by molar-refractivity contribution is -0.116. The normalized spacial score (nSPS) is 21.4. The summed E-state index contributed by atoms with van der Waals surface area (Å²) in [7, 11) is -1.58. The first-order chi connectivity index (χ1) is 12.4. The van der Waals surface area contributed by atoms with E-state index >= 15 is 0 Å². The van der Waals surface area contributed by atoms with Crippen LogP contribution in [-0.4, -0.2) is 44.1 Å². The van der Waals surface area contributed by atoms with Gasteiger partial charge < -0.3 is 10.1 Å². The third-order valence-corrected chi connectivity index (χ3v) is 7.66. The molecule has 26 heavy (non-hydrogen) atoms. The minimum Gasteiger partial charge on any atom is -0.495 e. The average Bonchev–Trinajstić information content (AvgIpc) is 3.46. The van der Waals surface area contributed by atoms with Crippen LogP contribution in [0.25, 0.3) is 0 Å². The molecule has 6 nitrogen and oxygen atoms in total. The smallest absolute Gasteiger partial charge is 0.224 e. The summed E-state index contributed by atoms with van der Waals surface area (Å²) < 4.78 is 31.5. The minimum atomic E-state index is -3.11. The van der Waals surface area contributed by atoms with Crippen molar-refractivity contribution in [3.8, 4) is 5.75 Å². The van der Waals surface area contributed by atoms with Crippen LogP contribution in [0.2, 0.25) is 5.02 Å². The topological polar surface area (TPSA) is 75.7 Å². The number of halogens is 1. The zero-order chi connectivity index (χ0) is 18.7. The molecule has 0 spiro atoms. The predicted octanol–water partition coefficient (Wildman–Crippen LogP) is 3.27. The molecule has 2 fully saturated rings. The maximum atomic E-state index is 12.4. The number of hydrogen-bond donors (Lipinski definition) is 1. The van der Waals surface area contributed by atoms with Gasteiger partial charge in [-0.1, -0.05) is 11.6 Å². The fourth-order valence-corrected chi connectivity index (χ4v) is 5.59. The lowest BCUT2D eigenvalue weighted by Gasteiger charge is -2.32. The summed E-state index contributed by atoms with van der Waals surface area (Å²) in [5.41, 5.74) is 0.627. The van der Waals surface area contributed by atoms with Crippen molar-refractivity contribution in [3.05, 3.63) is 23.2 Å². The van der Waals surface area contributed by atoms with E-state index in [-0.39, 0.29) is 17.1 Å². The second kappa shape index (κ2) is 8.15. The van der Waals surface area contributed by atoms with E-state index in [0.717, 1.165) is 25.7 Å². The van der Waals surface area contributed by atoms with Gasteiger partial charge in [0.15, 0.2) is 0 Å². The Balaban J connectivity index is 1.49. The first-order valence-corrected chi connectivity index (χ1v) is 10.9. The fourth-order valence-electron chi connectivity index (χ4n) is 3.37. The van der Waals surface area contributed by atoms with E-state index in [4.69, 9.17) is 16.3 Å². The number of hydrogen-bond acceptors (Lipinski definition) is 4. The molecule has 1 saturated heterocycles. The van der Waals surface area contributed by atoms with Crippen LogP contribution in [0.5, 0.6) is 5.75 Å². The number of benzene rings is 1. The highest BCUT2D eigenvalue weighted by atomic mass is 35.5. The molecule has 0 unspecified atom stereocenters. The molecule has 1 heterocycles. The number of nitrogens with zero attached hydrogens (tertiary/aromatic N) is 1. The minimum absolute atomic E-state index is 0.0894. The van der Waals surface area contributed by atoms with Gasteiger partial charge in [-0.15, -0.1) is 0 Å². The van der Waals surface area contributed by atoms with Gasteiger partial charge >= 0.3 is 0 Å². The van der Waals surface area contributed by atoms with E-state index in [9.17, 15) is 13.2 Å². The number of ether oxygens (including phenoxy) is 1. The Morgan fingerprint density at radius 3 is 2.77 bits per heavy atom. The molecule has 1 N–H and O–H groups in total.